The van der Waals surface area contributed by atoms with Crippen molar-refractivity contribution in [3.63, 3.8) is 0 Å². The number of anilines is 1. The van der Waals surface area contributed by atoms with Crippen molar-refractivity contribution in [2.75, 3.05) is 26.9 Å². The molecule has 0 amide bonds. The van der Waals surface area contributed by atoms with E-state index in [9.17, 15) is 8.42 Å². The van der Waals surface area contributed by atoms with E-state index >= 15 is 0 Å². The fourth-order valence-electron chi connectivity index (χ4n) is 1.19. The summed E-state index contributed by atoms with van der Waals surface area (Å²) >= 11 is 0. The van der Waals surface area contributed by atoms with E-state index in [0.717, 1.165) is 0 Å². The average Bonchev–Trinajstić information content (AvgIpc) is 2.14. The van der Waals surface area contributed by atoms with Gasteiger partial charge in [0.2, 0.25) is 0 Å². The first-order valence-electron chi connectivity index (χ1n) is 4.50. The van der Waals surface area contributed by atoms with Gasteiger partial charge in [-0.15, -0.1) is 4.83 Å². The number of nitrogens with one attached hydrogen (secondary N) is 1. The van der Waals surface area contributed by atoms with Crippen LogP contribution >= 0.6 is 0 Å². The molecule has 0 radical (unpaired) electrons. The molecule has 1 rings (SSSR count). The summed E-state index contributed by atoms with van der Waals surface area (Å²) in [4.78, 5) is 2.33. The van der Waals surface area contributed by atoms with Gasteiger partial charge in [-0.05, 0) is 12.1 Å². The molecule has 0 bridgehead atoms. The van der Waals surface area contributed by atoms with Crippen molar-refractivity contribution >= 4 is 15.7 Å². The van der Waals surface area contributed by atoms with Crippen molar-refractivity contribution < 1.29 is 13.2 Å². The molecule has 0 saturated heterocycles. The maximum atomic E-state index is 11.8. The molecule has 0 aliphatic heterocycles. The second kappa shape index (κ2) is 4.69. The van der Waals surface area contributed by atoms with Crippen LogP contribution in [0.4, 0.5) is 5.69 Å². The second-order valence-electron chi connectivity index (χ2n) is 3.39. The molecule has 16 heavy (non-hydrogen) atoms. The van der Waals surface area contributed by atoms with Crippen molar-refractivity contribution in [1.29, 1.82) is 0 Å². The van der Waals surface area contributed by atoms with Crippen LogP contribution in [-0.2, 0) is 10.0 Å². The minimum absolute atomic E-state index is 0.0296. The van der Waals surface area contributed by atoms with Gasteiger partial charge in [-0.1, -0.05) is 0 Å². The second-order valence-corrected chi connectivity index (χ2v) is 5.02. The van der Waals surface area contributed by atoms with Gasteiger partial charge in [0.05, 0.1) is 12.8 Å². The first kappa shape index (κ1) is 12.8. The molecule has 0 atom stereocenters. The van der Waals surface area contributed by atoms with Gasteiger partial charge in [-0.25, -0.2) is 13.4 Å². The van der Waals surface area contributed by atoms with Crippen molar-refractivity contribution in [2.24, 2.45) is 0 Å². The number of sulfonamides is 1. The lowest BCUT2D eigenvalue weighted by Crippen LogP contribution is -2.36. The molecule has 0 heterocycles. The summed E-state index contributed by atoms with van der Waals surface area (Å²) in [5.41, 5.74) is 5.79. The number of methoxy groups -OCH3 is 1. The van der Waals surface area contributed by atoms with E-state index in [1.54, 1.807) is 20.2 Å². The Bertz CT molecular complexity index is 471. The minimum atomic E-state index is -3.62. The normalized spacial score (nSPS) is 11.8. The predicted molar refractivity (Wildman–Crippen MR) is 61.4 cm³/mol. The molecule has 0 saturated carbocycles. The lowest BCUT2D eigenvalue weighted by molar-refractivity contribution is 0.364. The van der Waals surface area contributed by atoms with Crippen molar-refractivity contribution in [3.05, 3.63) is 18.2 Å². The number of hydrogen-bond acceptors (Lipinski definition) is 5. The van der Waals surface area contributed by atoms with Crippen LogP contribution in [0.2, 0.25) is 0 Å². The van der Waals surface area contributed by atoms with Gasteiger partial charge in [0, 0.05) is 20.2 Å². The van der Waals surface area contributed by atoms with Crippen LogP contribution in [0.1, 0.15) is 0 Å². The summed E-state index contributed by atoms with van der Waals surface area (Å²) in [6, 6.07) is 4.41. The molecule has 0 unspecified atom stereocenters. The summed E-state index contributed by atoms with van der Waals surface area (Å²) in [6.07, 6.45) is 0. The van der Waals surface area contributed by atoms with E-state index in [1.165, 1.54) is 24.3 Å². The average molecular weight is 245 g/mol. The third kappa shape index (κ3) is 2.84. The lowest BCUT2D eigenvalue weighted by atomic mass is 10.3. The SMILES string of the molecule is COc1ccc(S(=O)(=O)NN(C)C)c(N)c1. The Morgan fingerprint density at radius 2 is 2.00 bits per heavy atom. The number of nitrogen functional groups attached to an aromatic ring is 1. The molecule has 0 aliphatic carbocycles. The number of nitrogens with zero attached hydrogens (tertiary/aromatic N) is 1. The summed E-state index contributed by atoms with van der Waals surface area (Å²) in [5.74, 6) is 0.515. The molecule has 1 aromatic carbocycles. The molecule has 90 valence electrons. The first-order chi connectivity index (χ1) is 7.36. The standard InChI is InChI=1S/C9H15N3O3S/c1-12(2)11-16(13,14)9-5-4-7(15-3)6-8(9)10/h4-6,11H,10H2,1-3H3. The monoisotopic (exact) mass is 245 g/mol. The van der Waals surface area contributed by atoms with Crippen molar-refractivity contribution in [3.8, 4) is 5.75 Å². The van der Waals surface area contributed by atoms with Crippen molar-refractivity contribution in [2.45, 2.75) is 4.90 Å². The molecular weight excluding hydrogens is 230 g/mol. The number of hydrogen-bond donors (Lipinski definition) is 2. The van der Waals surface area contributed by atoms with Crippen LogP contribution in [0.25, 0.3) is 0 Å². The molecule has 0 aliphatic rings. The number of nitrogens with two attached hydrogens (primary N) is 1. The Balaban J connectivity index is 3.14. The largest absolute Gasteiger partial charge is 0.497 e. The third-order valence-electron chi connectivity index (χ3n) is 1.81. The fraction of sp³-hybridized carbons (Fsp3) is 0.333. The maximum Gasteiger partial charge on any atom is 0.255 e. The van der Waals surface area contributed by atoms with E-state index < -0.39 is 10.0 Å². The van der Waals surface area contributed by atoms with Gasteiger partial charge in [0.25, 0.3) is 10.0 Å². The Hall–Kier alpha value is -1.31. The van der Waals surface area contributed by atoms with Crippen molar-refractivity contribution in [1.82, 2.24) is 9.84 Å². The zero-order valence-electron chi connectivity index (χ0n) is 9.39. The third-order valence-corrected chi connectivity index (χ3v) is 3.37. The highest BCUT2D eigenvalue weighted by Crippen LogP contribution is 2.23. The summed E-state index contributed by atoms with van der Waals surface area (Å²) in [5, 5.41) is 1.33. The van der Waals surface area contributed by atoms with Crippen LogP contribution in [0.15, 0.2) is 23.1 Å². The number of rotatable bonds is 4. The lowest BCUT2D eigenvalue weighted by Gasteiger charge is -2.14. The van der Waals surface area contributed by atoms with Crippen LogP contribution in [0.3, 0.4) is 0 Å². The van der Waals surface area contributed by atoms with Gasteiger partial charge >= 0.3 is 0 Å². The summed E-state index contributed by atoms with van der Waals surface area (Å²) < 4.78 is 28.5. The molecule has 3 N–H and O–H groups in total. The van der Waals surface area contributed by atoms with E-state index in [4.69, 9.17) is 10.5 Å². The number of hydrazine groups is 1. The van der Waals surface area contributed by atoms with Crippen LogP contribution in [0, 0.1) is 0 Å². The molecule has 7 heteroatoms. The number of ether oxygens (including phenoxy) is 1. The Morgan fingerprint density at radius 1 is 1.38 bits per heavy atom. The first-order valence-corrected chi connectivity index (χ1v) is 5.98. The minimum Gasteiger partial charge on any atom is -0.497 e. The van der Waals surface area contributed by atoms with Gasteiger partial charge in [-0.3, -0.25) is 0 Å². The molecular formula is C9H15N3O3S. The fourth-order valence-corrected chi connectivity index (χ4v) is 2.38. The Kier molecular flexibility index (Phi) is 3.74. The van der Waals surface area contributed by atoms with E-state index in [1.807, 2.05) is 0 Å². The molecule has 0 fully saturated rings. The predicted octanol–water partition coefficient (Wildman–Crippen LogP) is 0.0323. The highest BCUT2D eigenvalue weighted by atomic mass is 32.2. The van der Waals surface area contributed by atoms with E-state index in [0.29, 0.717) is 5.75 Å². The highest BCUT2D eigenvalue weighted by Gasteiger charge is 2.18. The highest BCUT2D eigenvalue weighted by molar-refractivity contribution is 7.89. The topological polar surface area (TPSA) is 84.7 Å². The van der Waals surface area contributed by atoms with Gasteiger partial charge < -0.3 is 10.5 Å². The quantitative estimate of drug-likeness (QED) is 0.577. The Labute approximate surface area is 95.0 Å². The zero-order chi connectivity index (χ0) is 12.3. The van der Waals surface area contributed by atoms with Crippen LogP contribution < -0.4 is 15.3 Å². The van der Waals surface area contributed by atoms with Gasteiger partial charge in [0.1, 0.15) is 10.6 Å². The molecule has 1 aromatic rings. The zero-order valence-corrected chi connectivity index (χ0v) is 10.2. The summed E-state index contributed by atoms with van der Waals surface area (Å²) in [7, 11) is 1.03. The van der Waals surface area contributed by atoms with Crippen LogP contribution in [-0.4, -0.2) is 34.6 Å². The molecule has 0 spiro atoms. The number of benzene rings is 1. The van der Waals surface area contributed by atoms with Gasteiger partial charge in [-0.2, -0.15) is 0 Å². The Morgan fingerprint density at radius 3 is 2.44 bits per heavy atom. The molecule has 6 nitrogen and oxygen atoms in total. The van der Waals surface area contributed by atoms with E-state index in [2.05, 4.69) is 4.83 Å². The van der Waals surface area contributed by atoms with Crippen LogP contribution in [0.5, 0.6) is 5.75 Å². The smallest absolute Gasteiger partial charge is 0.255 e. The van der Waals surface area contributed by atoms with Gasteiger partial charge in [0.15, 0.2) is 0 Å². The molecule has 0 aromatic heterocycles. The van der Waals surface area contributed by atoms with E-state index in [-0.39, 0.29) is 10.6 Å². The maximum absolute atomic E-state index is 11.8. The summed E-state index contributed by atoms with van der Waals surface area (Å²) in [6.45, 7) is 0.